The van der Waals surface area contributed by atoms with Gasteiger partial charge in [-0.05, 0) is 75.2 Å². The van der Waals surface area contributed by atoms with E-state index >= 15 is 0 Å². The van der Waals surface area contributed by atoms with Gasteiger partial charge in [-0.15, -0.1) is 0 Å². The van der Waals surface area contributed by atoms with Gasteiger partial charge in [0.2, 0.25) is 5.91 Å². The molecule has 0 radical (unpaired) electrons. The summed E-state index contributed by atoms with van der Waals surface area (Å²) in [5, 5.41) is 2.61. The summed E-state index contributed by atoms with van der Waals surface area (Å²) in [7, 11) is -3.48. The fourth-order valence-electron chi connectivity index (χ4n) is 4.99. The summed E-state index contributed by atoms with van der Waals surface area (Å²) in [5.74, 6) is -0.267. The highest BCUT2D eigenvalue weighted by Crippen LogP contribution is 2.45. The number of carbonyl (C=O) groups is 1. The van der Waals surface area contributed by atoms with Crippen LogP contribution in [-0.2, 0) is 20.0 Å². The van der Waals surface area contributed by atoms with Gasteiger partial charge >= 0.3 is 0 Å². The summed E-state index contributed by atoms with van der Waals surface area (Å²) in [4.78, 5) is 15.0. The molecule has 9 heteroatoms. The second-order valence-corrected chi connectivity index (χ2v) is 12.3. The molecular formula is C26H30ClFN2O4S. The van der Waals surface area contributed by atoms with E-state index in [9.17, 15) is 17.6 Å². The molecule has 2 aliphatic heterocycles. The van der Waals surface area contributed by atoms with Crippen molar-refractivity contribution in [2.75, 3.05) is 37.8 Å². The van der Waals surface area contributed by atoms with Crippen molar-refractivity contribution in [3.63, 3.8) is 0 Å². The zero-order valence-electron chi connectivity index (χ0n) is 20.2. The van der Waals surface area contributed by atoms with Gasteiger partial charge in [0, 0.05) is 35.1 Å². The summed E-state index contributed by atoms with van der Waals surface area (Å²) >= 11 is 6.19. The van der Waals surface area contributed by atoms with Crippen molar-refractivity contribution in [3.8, 4) is 5.75 Å². The van der Waals surface area contributed by atoms with E-state index in [4.69, 9.17) is 16.3 Å². The Morgan fingerprint density at radius 2 is 1.97 bits per heavy atom. The fraction of sp³-hybridized carbons (Fsp3) is 0.423. The zero-order chi connectivity index (χ0) is 25.5. The van der Waals surface area contributed by atoms with E-state index in [1.165, 1.54) is 13.0 Å². The maximum atomic E-state index is 14.9. The molecule has 4 rings (SSSR count). The second-order valence-electron chi connectivity index (χ2n) is 9.53. The Labute approximate surface area is 211 Å². The van der Waals surface area contributed by atoms with E-state index in [0.717, 1.165) is 30.6 Å². The molecule has 1 N–H and O–H groups in total. The summed E-state index contributed by atoms with van der Waals surface area (Å²) in [6.07, 6.45) is 2.45. The first kappa shape index (κ1) is 25.7. The molecule has 188 valence electrons. The molecular weight excluding hydrogens is 491 g/mol. The van der Waals surface area contributed by atoms with Crippen molar-refractivity contribution < 1.29 is 22.3 Å². The number of halogens is 2. The number of likely N-dealkylation sites (tertiary alicyclic amines) is 1. The number of carbonyl (C=O) groups excluding carboxylic acids is 1. The topological polar surface area (TPSA) is 75.7 Å². The molecule has 1 saturated heterocycles. The first-order valence-corrected chi connectivity index (χ1v) is 13.9. The van der Waals surface area contributed by atoms with E-state index in [1.807, 2.05) is 12.1 Å². The van der Waals surface area contributed by atoms with Gasteiger partial charge in [0.05, 0.1) is 10.7 Å². The number of sulfone groups is 1. The number of hydrogen-bond donors (Lipinski definition) is 1. The highest BCUT2D eigenvalue weighted by atomic mass is 35.5. The molecule has 6 nitrogen and oxygen atoms in total. The first-order chi connectivity index (χ1) is 16.4. The molecule has 0 aliphatic carbocycles. The van der Waals surface area contributed by atoms with Crippen LogP contribution in [0.15, 0.2) is 36.9 Å². The number of piperidine rings is 1. The average Bonchev–Trinajstić information content (AvgIpc) is 3.04. The van der Waals surface area contributed by atoms with Crippen molar-refractivity contribution in [3.05, 3.63) is 64.4 Å². The highest BCUT2D eigenvalue weighted by Gasteiger charge is 2.48. The molecule has 2 aromatic rings. The van der Waals surface area contributed by atoms with Crippen molar-refractivity contribution in [1.29, 1.82) is 0 Å². The molecule has 0 aromatic heterocycles. The van der Waals surface area contributed by atoms with E-state index < -0.39 is 26.3 Å². The molecule has 1 amide bonds. The lowest BCUT2D eigenvalue weighted by Gasteiger charge is -2.38. The molecule has 1 atom stereocenters. The van der Waals surface area contributed by atoms with Crippen LogP contribution in [0.2, 0.25) is 5.02 Å². The smallest absolute Gasteiger partial charge is 0.235 e. The lowest BCUT2D eigenvalue weighted by atomic mass is 9.73. The van der Waals surface area contributed by atoms with Crippen molar-refractivity contribution in [1.82, 2.24) is 4.90 Å². The lowest BCUT2D eigenvalue weighted by Crippen LogP contribution is -2.47. The minimum absolute atomic E-state index is 0.0249. The molecule has 0 saturated carbocycles. The number of rotatable bonds is 7. The van der Waals surface area contributed by atoms with Gasteiger partial charge in [-0.25, -0.2) is 12.8 Å². The molecule has 35 heavy (non-hydrogen) atoms. The van der Waals surface area contributed by atoms with Crippen LogP contribution >= 0.6 is 11.6 Å². The number of ether oxygens (including phenoxy) is 1. The van der Waals surface area contributed by atoms with Crippen LogP contribution in [0.3, 0.4) is 0 Å². The van der Waals surface area contributed by atoms with E-state index in [-0.39, 0.29) is 11.5 Å². The normalized spacial score (nSPS) is 18.3. The summed E-state index contributed by atoms with van der Waals surface area (Å²) in [6.45, 7) is 9.46. The summed E-state index contributed by atoms with van der Waals surface area (Å²) in [6, 6.07) is 8.40. The Hall–Kier alpha value is -2.42. The Morgan fingerprint density at radius 3 is 2.60 bits per heavy atom. The van der Waals surface area contributed by atoms with Crippen LogP contribution in [0.25, 0.3) is 5.57 Å². The maximum absolute atomic E-state index is 14.9. The van der Waals surface area contributed by atoms with E-state index in [1.54, 1.807) is 19.1 Å². The number of amides is 1. The second kappa shape index (κ2) is 9.56. The first-order valence-electron chi connectivity index (χ1n) is 11.6. The van der Waals surface area contributed by atoms with Crippen molar-refractivity contribution in [2.24, 2.45) is 0 Å². The van der Waals surface area contributed by atoms with Gasteiger partial charge in [0.25, 0.3) is 0 Å². The largest absolute Gasteiger partial charge is 0.492 e. The molecule has 1 spiro atoms. The van der Waals surface area contributed by atoms with Gasteiger partial charge < -0.3 is 10.1 Å². The van der Waals surface area contributed by atoms with Gasteiger partial charge in [0.15, 0.2) is 9.84 Å². The van der Waals surface area contributed by atoms with Gasteiger partial charge in [-0.2, -0.15) is 0 Å². The zero-order valence-corrected chi connectivity index (χ0v) is 21.7. The number of benzene rings is 2. The molecule has 1 unspecified atom stereocenters. The summed E-state index contributed by atoms with van der Waals surface area (Å²) < 4.78 is 44.8. The third-order valence-electron chi connectivity index (χ3n) is 7.18. The highest BCUT2D eigenvalue weighted by molar-refractivity contribution is 7.90. The Bertz CT molecular complexity index is 1290. The number of nitrogens with zero attached hydrogens (tertiary/aromatic N) is 1. The molecule has 2 aromatic carbocycles. The van der Waals surface area contributed by atoms with Crippen LogP contribution in [0.1, 0.15) is 48.6 Å². The molecule has 1 fully saturated rings. The van der Waals surface area contributed by atoms with Crippen molar-refractivity contribution >= 4 is 38.6 Å². The number of fused-ring (bicyclic) bond motifs is 2. The van der Waals surface area contributed by atoms with E-state index in [0.29, 0.717) is 47.9 Å². The van der Waals surface area contributed by atoms with Crippen LogP contribution < -0.4 is 10.1 Å². The number of anilines is 1. The van der Waals surface area contributed by atoms with Crippen LogP contribution in [0.4, 0.5) is 10.1 Å². The van der Waals surface area contributed by atoms with Gasteiger partial charge in [0.1, 0.15) is 18.2 Å². The van der Waals surface area contributed by atoms with Crippen LogP contribution in [-0.4, -0.2) is 51.7 Å². The third kappa shape index (κ3) is 4.97. The Kier molecular flexibility index (Phi) is 7.01. The lowest BCUT2D eigenvalue weighted by molar-refractivity contribution is -0.122. The van der Waals surface area contributed by atoms with Gasteiger partial charge in [-0.3, -0.25) is 9.69 Å². The Morgan fingerprint density at radius 1 is 1.29 bits per heavy atom. The van der Waals surface area contributed by atoms with Crippen LogP contribution in [0, 0.1) is 5.82 Å². The number of allylic oxidation sites excluding steroid dienone is 1. The van der Waals surface area contributed by atoms with Gasteiger partial charge in [-0.1, -0.05) is 23.8 Å². The molecule has 2 aliphatic rings. The van der Waals surface area contributed by atoms with Crippen molar-refractivity contribution in [2.45, 2.75) is 37.4 Å². The minimum atomic E-state index is -3.48. The maximum Gasteiger partial charge on any atom is 0.235 e. The quantitative estimate of drug-likeness (QED) is 0.557. The average molecular weight is 521 g/mol. The predicted octanol–water partition coefficient (Wildman–Crippen LogP) is 4.98. The minimum Gasteiger partial charge on any atom is -0.492 e. The standard InChI is InChI=1S/C26H30ClFN2O4S/c1-16(2)20-14-19(15-22(28)24(20)17(3)35(4,32)33)34-12-11-30-9-7-26(8-10-30)21-13-18(27)5-6-23(21)29-25(26)31/h5-6,13-15,17H,1,7-12H2,2-4H3,(H,29,31). The predicted molar refractivity (Wildman–Crippen MR) is 137 cm³/mol. The number of nitrogens with one attached hydrogen (secondary N) is 1. The SMILES string of the molecule is C=C(C)c1cc(OCCN2CCC3(CC2)C(=O)Nc2ccc(Cl)cc23)cc(F)c1C(C)S(C)(=O)=O. The number of hydrogen-bond acceptors (Lipinski definition) is 5. The third-order valence-corrected chi connectivity index (χ3v) is 8.93. The fourth-order valence-corrected chi connectivity index (χ4v) is 5.83. The van der Waals surface area contributed by atoms with E-state index in [2.05, 4.69) is 16.8 Å². The molecule has 0 bridgehead atoms. The molecule has 2 heterocycles. The summed E-state index contributed by atoms with van der Waals surface area (Å²) in [5.41, 5.74) is 2.38. The Balaban J connectivity index is 1.40. The van der Waals surface area contributed by atoms with Crippen LogP contribution in [0.5, 0.6) is 5.75 Å². The monoisotopic (exact) mass is 520 g/mol.